The molecule has 1 heterocycles. The number of rotatable bonds is 4. The second-order valence-corrected chi connectivity index (χ2v) is 5.63. The number of aliphatic hydroxyl groups excluding tert-OH is 1. The third kappa shape index (κ3) is 4.35. The van der Waals surface area contributed by atoms with Crippen LogP contribution >= 0.6 is 0 Å². The van der Waals surface area contributed by atoms with Crippen molar-refractivity contribution in [2.45, 2.75) is 25.4 Å². The zero-order valence-corrected chi connectivity index (χ0v) is 12.5. The van der Waals surface area contributed by atoms with Crippen molar-refractivity contribution in [3.05, 3.63) is 35.4 Å². The van der Waals surface area contributed by atoms with Gasteiger partial charge in [0.1, 0.15) is 6.61 Å². The van der Waals surface area contributed by atoms with E-state index >= 15 is 0 Å². The van der Waals surface area contributed by atoms with Gasteiger partial charge in [0.05, 0.1) is 0 Å². The molecule has 0 aliphatic carbocycles. The summed E-state index contributed by atoms with van der Waals surface area (Å²) in [5, 5.41) is 8.67. The quantitative estimate of drug-likeness (QED) is 0.843. The number of nitrogens with zero attached hydrogens (tertiary/aromatic N) is 2. The van der Waals surface area contributed by atoms with Crippen LogP contribution in [0.2, 0.25) is 0 Å². The molecule has 1 fully saturated rings. The SMILES string of the molecule is CN(Cc1ccc(C#CCO)cc1)CC1CCCN1C. The van der Waals surface area contributed by atoms with Crippen molar-refractivity contribution in [1.29, 1.82) is 0 Å². The number of benzene rings is 1. The van der Waals surface area contributed by atoms with E-state index in [0.29, 0.717) is 6.04 Å². The summed E-state index contributed by atoms with van der Waals surface area (Å²) in [4.78, 5) is 4.85. The maximum atomic E-state index is 8.67. The molecule has 1 aliphatic rings. The summed E-state index contributed by atoms with van der Waals surface area (Å²) in [6.07, 6.45) is 2.64. The highest BCUT2D eigenvalue weighted by molar-refractivity contribution is 5.36. The van der Waals surface area contributed by atoms with Crippen LogP contribution in [0.25, 0.3) is 0 Å². The highest BCUT2D eigenvalue weighted by atomic mass is 16.2. The lowest BCUT2D eigenvalue weighted by Crippen LogP contribution is -2.36. The average molecular weight is 272 g/mol. The zero-order chi connectivity index (χ0) is 14.4. The Bertz CT molecular complexity index is 472. The molecule has 20 heavy (non-hydrogen) atoms. The van der Waals surface area contributed by atoms with E-state index in [0.717, 1.165) is 18.7 Å². The molecule has 3 heteroatoms. The van der Waals surface area contributed by atoms with E-state index in [4.69, 9.17) is 5.11 Å². The molecule has 1 saturated heterocycles. The standard InChI is InChI=1S/C17H24N2O/c1-18(14-17-6-3-11-19(17)2)13-16-9-7-15(8-10-16)5-4-12-20/h7-10,17,20H,3,6,11-14H2,1-2H3. The second-order valence-electron chi connectivity index (χ2n) is 5.63. The van der Waals surface area contributed by atoms with Crippen LogP contribution in [0.3, 0.4) is 0 Å². The van der Waals surface area contributed by atoms with E-state index in [1.807, 2.05) is 12.1 Å². The number of hydrogen-bond donors (Lipinski definition) is 1. The molecule has 0 bridgehead atoms. The summed E-state index contributed by atoms with van der Waals surface area (Å²) in [5.74, 6) is 5.59. The molecule has 0 aromatic heterocycles. The maximum Gasteiger partial charge on any atom is 0.104 e. The van der Waals surface area contributed by atoms with E-state index in [-0.39, 0.29) is 6.61 Å². The van der Waals surface area contributed by atoms with Crippen molar-refractivity contribution in [2.24, 2.45) is 0 Å². The molecular weight excluding hydrogens is 248 g/mol. The lowest BCUT2D eigenvalue weighted by molar-refractivity contribution is 0.215. The molecule has 3 nitrogen and oxygen atoms in total. The van der Waals surface area contributed by atoms with Gasteiger partial charge in [0.15, 0.2) is 0 Å². The van der Waals surface area contributed by atoms with Gasteiger partial charge in [-0.3, -0.25) is 0 Å². The van der Waals surface area contributed by atoms with Gasteiger partial charge in [0.2, 0.25) is 0 Å². The van der Waals surface area contributed by atoms with Crippen LogP contribution in [0, 0.1) is 11.8 Å². The minimum Gasteiger partial charge on any atom is -0.384 e. The Kier molecular flexibility index (Phi) is 5.60. The van der Waals surface area contributed by atoms with Crippen LogP contribution in [-0.4, -0.2) is 54.7 Å². The van der Waals surface area contributed by atoms with E-state index in [2.05, 4.69) is 47.9 Å². The molecule has 0 spiro atoms. The van der Waals surface area contributed by atoms with Gasteiger partial charge in [-0.2, -0.15) is 0 Å². The van der Waals surface area contributed by atoms with Gasteiger partial charge in [0.25, 0.3) is 0 Å². The highest BCUT2D eigenvalue weighted by Crippen LogP contribution is 2.16. The predicted octanol–water partition coefficient (Wildman–Crippen LogP) is 1.56. The van der Waals surface area contributed by atoms with E-state index in [1.54, 1.807) is 0 Å². The van der Waals surface area contributed by atoms with Crippen molar-refractivity contribution in [3.63, 3.8) is 0 Å². The minimum absolute atomic E-state index is 0.0839. The Balaban J connectivity index is 1.86. The first-order valence-electron chi connectivity index (χ1n) is 7.26. The Morgan fingerprint density at radius 3 is 2.70 bits per heavy atom. The molecule has 1 aromatic rings. The molecule has 1 N–H and O–H groups in total. The van der Waals surface area contributed by atoms with Crippen LogP contribution in [0.5, 0.6) is 0 Å². The third-order valence-corrected chi connectivity index (χ3v) is 3.91. The molecule has 108 valence electrons. The molecule has 1 atom stereocenters. The Morgan fingerprint density at radius 1 is 1.35 bits per heavy atom. The summed E-state index contributed by atoms with van der Waals surface area (Å²) in [7, 11) is 4.41. The summed E-state index contributed by atoms with van der Waals surface area (Å²) in [6.45, 7) is 3.25. The molecular formula is C17H24N2O. The molecule has 1 aliphatic heterocycles. The first-order valence-corrected chi connectivity index (χ1v) is 7.26. The number of hydrogen-bond acceptors (Lipinski definition) is 3. The van der Waals surface area contributed by atoms with Crippen LogP contribution in [0.4, 0.5) is 0 Å². The predicted molar refractivity (Wildman–Crippen MR) is 82.4 cm³/mol. The fraction of sp³-hybridized carbons (Fsp3) is 0.529. The molecule has 0 amide bonds. The average Bonchev–Trinajstić information content (AvgIpc) is 2.83. The number of likely N-dealkylation sites (N-methyl/N-ethyl adjacent to an activating group) is 2. The van der Waals surface area contributed by atoms with Crippen molar-refractivity contribution >= 4 is 0 Å². The lowest BCUT2D eigenvalue weighted by atomic mass is 10.1. The first kappa shape index (κ1) is 15.1. The monoisotopic (exact) mass is 272 g/mol. The maximum absolute atomic E-state index is 8.67. The largest absolute Gasteiger partial charge is 0.384 e. The molecule has 0 radical (unpaired) electrons. The van der Waals surface area contributed by atoms with Crippen LogP contribution in [-0.2, 0) is 6.54 Å². The number of likely N-dealkylation sites (tertiary alicyclic amines) is 1. The summed E-state index contributed by atoms with van der Waals surface area (Å²) in [5.41, 5.74) is 2.27. The van der Waals surface area contributed by atoms with Gasteiger partial charge in [0, 0.05) is 24.7 Å². The van der Waals surface area contributed by atoms with Crippen molar-refractivity contribution in [3.8, 4) is 11.8 Å². The fourth-order valence-electron chi connectivity index (χ4n) is 2.78. The second kappa shape index (κ2) is 7.44. The van der Waals surface area contributed by atoms with Gasteiger partial charge in [-0.1, -0.05) is 24.0 Å². The highest BCUT2D eigenvalue weighted by Gasteiger charge is 2.21. The fourth-order valence-corrected chi connectivity index (χ4v) is 2.78. The third-order valence-electron chi connectivity index (χ3n) is 3.91. The molecule has 1 aromatic carbocycles. The Hall–Kier alpha value is -1.34. The minimum atomic E-state index is -0.0839. The molecule has 0 saturated carbocycles. The van der Waals surface area contributed by atoms with Crippen molar-refractivity contribution in [1.82, 2.24) is 9.80 Å². The normalized spacial score (nSPS) is 19.1. The van der Waals surface area contributed by atoms with Crippen molar-refractivity contribution < 1.29 is 5.11 Å². The van der Waals surface area contributed by atoms with Gasteiger partial charge in [-0.15, -0.1) is 0 Å². The van der Waals surface area contributed by atoms with Crippen molar-refractivity contribution in [2.75, 3.05) is 33.8 Å². The van der Waals surface area contributed by atoms with E-state index < -0.39 is 0 Å². The Morgan fingerprint density at radius 2 is 2.10 bits per heavy atom. The van der Waals surface area contributed by atoms with Crippen LogP contribution in [0.15, 0.2) is 24.3 Å². The molecule has 1 unspecified atom stereocenters. The van der Waals surface area contributed by atoms with Gasteiger partial charge < -0.3 is 14.9 Å². The van der Waals surface area contributed by atoms with Gasteiger partial charge >= 0.3 is 0 Å². The van der Waals surface area contributed by atoms with Crippen LogP contribution < -0.4 is 0 Å². The zero-order valence-electron chi connectivity index (χ0n) is 12.5. The first-order chi connectivity index (χ1) is 9.69. The summed E-state index contributed by atoms with van der Waals surface area (Å²) in [6, 6.07) is 8.99. The van der Waals surface area contributed by atoms with E-state index in [9.17, 15) is 0 Å². The van der Waals surface area contributed by atoms with E-state index in [1.165, 1.54) is 24.9 Å². The topological polar surface area (TPSA) is 26.7 Å². The van der Waals surface area contributed by atoms with Gasteiger partial charge in [-0.05, 0) is 51.2 Å². The Labute approximate surface area is 122 Å². The summed E-state index contributed by atoms with van der Waals surface area (Å²) < 4.78 is 0. The van der Waals surface area contributed by atoms with Gasteiger partial charge in [-0.25, -0.2) is 0 Å². The summed E-state index contributed by atoms with van der Waals surface area (Å²) >= 11 is 0. The lowest BCUT2D eigenvalue weighted by Gasteiger charge is -2.25. The molecule has 2 rings (SSSR count). The van der Waals surface area contributed by atoms with Crippen LogP contribution in [0.1, 0.15) is 24.0 Å². The number of aliphatic hydroxyl groups is 1. The smallest absolute Gasteiger partial charge is 0.104 e.